The molecule has 0 fully saturated rings. The van der Waals surface area contributed by atoms with Gasteiger partial charge in [-0.2, -0.15) is 0 Å². The van der Waals surface area contributed by atoms with Gasteiger partial charge in [-0.15, -0.1) is 0 Å². The van der Waals surface area contributed by atoms with Gasteiger partial charge in [0, 0.05) is 10.6 Å². The Hall–Kier alpha value is -2.96. The summed E-state index contributed by atoms with van der Waals surface area (Å²) in [6.45, 7) is 3.43. The lowest BCUT2D eigenvalue weighted by Gasteiger charge is -2.13. The molecule has 3 rings (SSSR count). The lowest BCUT2D eigenvalue weighted by Crippen LogP contribution is -2.20. The molecule has 0 aliphatic rings. The predicted octanol–water partition coefficient (Wildman–Crippen LogP) is 4.74. The molecule has 0 spiro atoms. The number of aliphatic hydroxyl groups is 1. The van der Waals surface area contributed by atoms with Gasteiger partial charge in [-0.3, -0.25) is 4.79 Å². The van der Waals surface area contributed by atoms with Gasteiger partial charge in [0.05, 0.1) is 12.8 Å². The maximum Gasteiger partial charge on any atom is 0.262 e. The van der Waals surface area contributed by atoms with Crippen LogP contribution in [0.4, 0.5) is 5.69 Å². The van der Waals surface area contributed by atoms with Crippen LogP contribution in [-0.4, -0.2) is 24.7 Å². The van der Waals surface area contributed by atoms with Crippen LogP contribution in [0.1, 0.15) is 16.9 Å². The fourth-order valence-corrected chi connectivity index (χ4v) is 3.01. The first-order valence-electron chi connectivity index (χ1n) is 8.98. The van der Waals surface area contributed by atoms with Crippen molar-refractivity contribution in [1.29, 1.82) is 0 Å². The molecule has 7 heteroatoms. The number of methoxy groups -OCH3 is 1. The standard InChI is InChI=1S/C22H22ClNO5/c1-13-8-17(9-14(2)22(13)23)28-12-21(26)24-18-10-15(4-6-20(18)27-3)19-7-5-16(11-25)29-19/h4-10,25H,11-12H2,1-3H3,(H,24,26). The monoisotopic (exact) mass is 415 g/mol. The molecule has 6 nitrogen and oxygen atoms in total. The molecule has 0 saturated carbocycles. The number of carbonyl (C=O) groups excluding carboxylic acids is 1. The van der Waals surface area contributed by atoms with Crippen molar-refractivity contribution >= 4 is 23.2 Å². The van der Waals surface area contributed by atoms with E-state index in [1.54, 1.807) is 36.4 Å². The molecule has 1 amide bonds. The number of amides is 1. The Bertz CT molecular complexity index is 1000. The van der Waals surface area contributed by atoms with E-state index in [4.69, 9.17) is 30.6 Å². The number of hydrogen-bond donors (Lipinski definition) is 2. The van der Waals surface area contributed by atoms with Crippen molar-refractivity contribution in [3.05, 3.63) is 64.4 Å². The average Bonchev–Trinajstić information content (AvgIpc) is 3.19. The van der Waals surface area contributed by atoms with Crippen LogP contribution in [-0.2, 0) is 11.4 Å². The van der Waals surface area contributed by atoms with Gasteiger partial charge < -0.3 is 24.3 Å². The molecule has 0 radical (unpaired) electrons. The van der Waals surface area contributed by atoms with Gasteiger partial charge in [-0.1, -0.05) is 11.6 Å². The first kappa shape index (κ1) is 20.8. The minimum atomic E-state index is -0.332. The van der Waals surface area contributed by atoms with E-state index < -0.39 is 0 Å². The number of aryl methyl sites for hydroxylation is 2. The zero-order valence-corrected chi connectivity index (χ0v) is 17.2. The second kappa shape index (κ2) is 9.03. The fourth-order valence-electron chi connectivity index (χ4n) is 2.90. The third kappa shape index (κ3) is 4.91. The normalized spacial score (nSPS) is 10.7. The Kier molecular flexibility index (Phi) is 6.46. The number of benzene rings is 2. The van der Waals surface area contributed by atoms with E-state index in [-0.39, 0.29) is 19.1 Å². The largest absolute Gasteiger partial charge is 0.495 e. The first-order valence-corrected chi connectivity index (χ1v) is 9.36. The summed E-state index contributed by atoms with van der Waals surface area (Å²) in [5.41, 5.74) is 3.00. The van der Waals surface area contributed by atoms with Gasteiger partial charge in [0.15, 0.2) is 6.61 Å². The minimum absolute atomic E-state index is 0.163. The minimum Gasteiger partial charge on any atom is -0.495 e. The van der Waals surface area contributed by atoms with Crippen LogP contribution >= 0.6 is 11.6 Å². The van der Waals surface area contributed by atoms with Crippen molar-refractivity contribution in [3.63, 3.8) is 0 Å². The summed E-state index contributed by atoms with van der Waals surface area (Å²) in [4.78, 5) is 12.4. The van der Waals surface area contributed by atoms with E-state index in [0.717, 1.165) is 16.7 Å². The lowest BCUT2D eigenvalue weighted by molar-refractivity contribution is -0.118. The van der Waals surface area contributed by atoms with Gasteiger partial charge in [0.25, 0.3) is 5.91 Å². The number of furan rings is 1. The highest BCUT2D eigenvalue weighted by Gasteiger charge is 2.13. The van der Waals surface area contributed by atoms with Crippen molar-refractivity contribution in [3.8, 4) is 22.8 Å². The number of anilines is 1. The van der Waals surface area contributed by atoms with Crippen LogP contribution in [0.15, 0.2) is 46.9 Å². The number of carbonyl (C=O) groups is 1. The maximum absolute atomic E-state index is 12.4. The molecule has 152 valence electrons. The summed E-state index contributed by atoms with van der Waals surface area (Å²) in [5, 5.41) is 12.6. The Labute approximate surface area is 174 Å². The van der Waals surface area contributed by atoms with Crippen LogP contribution in [0.5, 0.6) is 11.5 Å². The molecule has 1 heterocycles. The van der Waals surface area contributed by atoms with Gasteiger partial charge in [0.1, 0.15) is 29.6 Å². The summed E-state index contributed by atoms with van der Waals surface area (Å²) in [6, 6.07) is 12.3. The number of halogens is 1. The highest BCUT2D eigenvalue weighted by atomic mass is 35.5. The number of hydrogen-bond acceptors (Lipinski definition) is 5. The summed E-state index contributed by atoms with van der Waals surface area (Å²) < 4.78 is 16.5. The lowest BCUT2D eigenvalue weighted by atomic mass is 10.1. The molecule has 0 unspecified atom stereocenters. The van der Waals surface area contributed by atoms with Crippen LogP contribution < -0.4 is 14.8 Å². The molecular weight excluding hydrogens is 394 g/mol. The van der Waals surface area contributed by atoms with Crippen LogP contribution in [0.3, 0.4) is 0 Å². The molecular formula is C22H22ClNO5. The molecule has 0 aliphatic heterocycles. The van der Waals surface area contributed by atoms with Crippen molar-refractivity contribution in [2.45, 2.75) is 20.5 Å². The van der Waals surface area contributed by atoms with E-state index >= 15 is 0 Å². The van der Waals surface area contributed by atoms with E-state index in [1.807, 2.05) is 19.9 Å². The molecule has 2 aromatic carbocycles. The maximum atomic E-state index is 12.4. The third-order valence-electron chi connectivity index (χ3n) is 4.36. The van der Waals surface area contributed by atoms with E-state index in [9.17, 15) is 4.79 Å². The number of nitrogens with one attached hydrogen (secondary N) is 1. The van der Waals surface area contributed by atoms with Crippen LogP contribution in [0.2, 0.25) is 5.02 Å². The van der Waals surface area contributed by atoms with Crippen molar-refractivity contribution in [2.24, 2.45) is 0 Å². The van der Waals surface area contributed by atoms with Gasteiger partial charge in [-0.05, 0) is 67.4 Å². The third-order valence-corrected chi connectivity index (χ3v) is 4.95. The SMILES string of the molecule is COc1ccc(-c2ccc(CO)o2)cc1NC(=O)COc1cc(C)c(Cl)c(C)c1. The molecule has 0 bridgehead atoms. The molecule has 3 aromatic rings. The topological polar surface area (TPSA) is 80.9 Å². The number of ether oxygens (including phenoxy) is 2. The summed E-state index contributed by atoms with van der Waals surface area (Å²) in [6.07, 6.45) is 0. The van der Waals surface area contributed by atoms with Crippen molar-refractivity contribution < 1.29 is 23.8 Å². The summed E-state index contributed by atoms with van der Waals surface area (Å²) in [5.74, 6) is 1.79. The fraction of sp³-hybridized carbons (Fsp3) is 0.227. The van der Waals surface area contributed by atoms with Crippen molar-refractivity contribution in [2.75, 3.05) is 19.0 Å². The number of rotatable bonds is 7. The highest BCUT2D eigenvalue weighted by Crippen LogP contribution is 2.32. The van der Waals surface area contributed by atoms with Crippen LogP contribution in [0, 0.1) is 13.8 Å². The molecule has 29 heavy (non-hydrogen) atoms. The first-order chi connectivity index (χ1) is 13.9. The van der Waals surface area contributed by atoms with Gasteiger partial charge in [0.2, 0.25) is 0 Å². The Morgan fingerprint density at radius 2 is 1.86 bits per heavy atom. The number of aliphatic hydroxyl groups excluding tert-OH is 1. The Morgan fingerprint density at radius 3 is 2.48 bits per heavy atom. The zero-order valence-electron chi connectivity index (χ0n) is 16.4. The molecule has 0 saturated heterocycles. The second-order valence-corrected chi connectivity index (χ2v) is 6.93. The Balaban J connectivity index is 1.72. The average molecular weight is 416 g/mol. The smallest absolute Gasteiger partial charge is 0.262 e. The summed E-state index contributed by atoms with van der Waals surface area (Å²) in [7, 11) is 1.52. The van der Waals surface area contributed by atoms with Gasteiger partial charge >= 0.3 is 0 Å². The quantitative estimate of drug-likeness (QED) is 0.582. The molecule has 0 aliphatic carbocycles. The van der Waals surface area contributed by atoms with Gasteiger partial charge in [-0.25, -0.2) is 0 Å². The highest BCUT2D eigenvalue weighted by molar-refractivity contribution is 6.32. The summed E-state index contributed by atoms with van der Waals surface area (Å²) >= 11 is 6.16. The predicted molar refractivity (Wildman–Crippen MR) is 112 cm³/mol. The zero-order chi connectivity index (χ0) is 21.0. The second-order valence-electron chi connectivity index (χ2n) is 6.55. The van der Waals surface area contributed by atoms with Crippen molar-refractivity contribution in [1.82, 2.24) is 0 Å². The van der Waals surface area contributed by atoms with E-state index in [0.29, 0.717) is 33.7 Å². The van der Waals surface area contributed by atoms with E-state index in [2.05, 4.69) is 5.32 Å². The molecule has 2 N–H and O–H groups in total. The van der Waals surface area contributed by atoms with E-state index in [1.165, 1.54) is 7.11 Å². The Morgan fingerprint density at radius 1 is 1.14 bits per heavy atom. The molecule has 1 aromatic heterocycles. The van der Waals surface area contributed by atoms with Crippen LogP contribution in [0.25, 0.3) is 11.3 Å². The molecule has 0 atom stereocenters.